The quantitative estimate of drug-likeness (QED) is 0.327. The Hall–Kier alpha value is -2.71. The summed E-state index contributed by atoms with van der Waals surface area (Å²) in [6.45, 7) is 1.44. The van der Waals surface area contributed by atoms with E-state index in [0.29, 0.717) is 19.4 Å². The van der Waals surface area contributed by atoms with Gasteiger partial charge in [-0.25, -0.2) is 0 Å². The average molecular weight is 365 g/mol. The van der Waals surface area contributed by atoms with Gasteiger partial charge >= 0.3 is 5.97 Å². The Balaban J connectivity index is 1.69. The van der Waals surface area contributed by atoms with Gasteiger partial charge in [0.2, 0.25) is 17.7 Å². The van der Waals surface area contributed by atoms with Crippen molar-refractivity contribution in [2.45, 2.75) is 26.2 Å². The minimum Gasteiger partial charge on any atom is -0.456 e. The van der Waals surface area contributed by atoms with Crippen LogP contribution in [0.3, 0.4) is 0 Å². The number of rotatable bonds is 8. The summed E-state index contributed by atoms with van der Waals surface area (Å²) in [6, 6.07) is 0. The van der Waals surface area contributed by atoms with E-state index in [1.807, 2.05) is 12.2 Å². The summed E-state index contributed by atoms with van der Waals surface area (Å²) in [5.41, 5.74) is 0. The minimum absolute atomic E-state index is 0.0516. The van der Waals surface area contributed by atoms with Crippen molar-refractivity contribution >= 4 is 29.6 Å². The number of likely N-dealkylation sites (N-methyl/N-ethyl adjacent to an activating group) is 1. The lowest BCUT2D eigenvalue weighted by Crippen LogP contribution is -2.38. The number of carbonyl (C=O) groups excluding carboxylic acids is 5. The maximum atomic E-state index is 12.2. The van der Waals surface area contributed by atoms with E-state index >= 15 is 0 Å². The highest BCUT2D eigenvalue weighted by atomic mass is 16.5. The number of allylic oxidation sites excluding steroid dienone is 2. The molecule has 0 bridgehead atoms. The van der Waals surface area contributed by atoms with E-state index in [1.165, 1.54) is 0 Å². The van der Waals surface area contributed by atoms with Crippen molar-refractivity contribution in [1.82, 2.24) is 15.5 Å². The Morgan fingerprint density at radius 1 is 1.08 bits per heavy atom. The summed E-state index contributed by atoms with van der Waals surface area (Å²) in [6.07, 6.45) is 4.70. The van der Waals surface area contributed by atoms with E-state index in [2.05, 4.69) is 10.6 Å². The second-order valence-corrected chi connectivity index (χ2v) is 6.12. The predicted molar refractivity (Wildman–Crippen MR) is 89.3 cm³/mol. The van der Waals surface area contributed by atoms with Gasteiger partial charge in [-0.05, 0) is 19.8 Å². The molecule has 9 heteroatoms. The van der Waals surface area contributed by atoms with Gasteiger partial charge < -0.3 is 15.4 Å². The van der Waals surface area contributed by atoms with Gasteiger partial charge in [0.1, 0.15) is 0 Å². The molecular formula is C17H23N3O6. The van der Waals surface area contributed by atoms with Crippen LogP contribution in [-0.4, -0.2) is 60.7 Å². The second-order valence-electron chi connectivity index (χ2n) is 6.12. The fraction of sp³-hybridized carbons (Fsp3) is 0.588. The molecule has 1 saturated heterocycles. The van der Waals surface area contributed by atoms with Crippen LogP contribution in [0.4, 0.5) is 0 Å². The molecule has 0 radical (unpaired) electrons. The van der Waals surface area contributed by atoms with Gasteiger partial charge in [-0.1, -0.05) is 12.2 Å². The molecule has 1 aliphatic heterocycles. The fourth-order valence-electron chi connectivity index (χ4n) is 3.00. The highest BCUT2D eigenvalue weighted by molar-refractivity contribution is 6.05. The maximum Gasteiger partial charge on any atom is 0.308 e. The molecule has 2 atom stereocenters. The van der Waals surface area contributed by atoms with Crippen LogP contribution in [0.15, 0.2) is 12.2 Å². The van der Waals surface area contributed by atoms with E-state index < -0.39 is 18.5 Å². The highest BCUT2D eigenvalue weighted by Crippen LogP contribution is 2.34. The number of hydrogen-bond donors (Lipinski definition) is 2. The number of carbonyl (C=O) groups is 5. The van der Waals surface area contributed by atoms with Gasteiger partial charge in [0.05, 0.1) is 24.8 Å². The molecule has 0 aromatic carbocycles. The van der Waals surface area contributed by atoms with Gasteiger partial charge in [-0.3, -0.25) is 28.9 Å². The van der Waals surface area contributed by atoms with E-state index in [4.69, 9.17) is 4.74 Å². The van der Waals surface area contributed by atoms with Crippen molar-refractivity contribution in [2.24, 2.45) is 11.8 Å². The number of hydrogen-bond acceptors (Lipinski definition) is 6. The third-order valence-electron chi connectivity index (χ3n) is 4.32. The van der Waals surface area contributed by atoms with Crippen molar-refractivity contribution in [2.75, 3.05) is 26.2 Å². The third kappa shape index (κ3) is 4.90. The first-order chi connectivity index (χ1) is 12.4. The molecule has 1 heterocycles. The van der Waals surface area contributed by atoms with Crippen LogP contribution in [0.25, 0.3) is 0 Å². The molecule has 2 aliphatic rings. The van der Waals surface area contributed by atoms with E-state index in [-0.39, 0.29) is 49.1 Å². The summed E-state index contributed by atoms with van der Waals surface area (Å²) in [7, 11) is 0. The summed E-state index contributed by atoms with van der Waals surface area (Å²) in [5, 5.41) is 4.83. The van der Waals surface area contributed by atoms with Crippen LogP contribution in [0.5, 0.6) is 0 Å². The number of likely N-dealkylation sites (tertiary alicyclic amines) is 1. The van der Waals surface area contributed by atoms with Crippen molar-refractivity contribution < 1.29 is 28.7 Å². The first-order valence-electron chi connectivity index (χ1n) is 8.63. The van der Waals surface area contributed by atoms with Crippen LogP contribution < -0.4 is 10.6 Å². The Labute approximate surface area is 151 Å². The molecular weight excluding hydrogens is 342 g/mol. The van der Waals surface area contributed by atoms with Gasteiger partial charge in [-0.2, -0.15) is 0 Å². The minimum atomic E-state index is -0.688. The van der Waals surface area contributed by atoms with Crippen LogP contribution in [0, 0.1) is 11.8 Å². The van der Waals surface area contributed by atoms with E-state index in [1.54, 1.807) is 6.92 Å². The molecule has 2 rings (SSSR count). The lowest BCUT2D eigenvalue weighted by atomic mass is 9.85. The van der Waals surface area contributed by atoms with Crippen molar-refractivity contribution in [1.29, 1.82) is 0 Å². The molecule has 2 N–H and O–H groups in total. The summed E-state index contributed by atoms with van der Waals surface area (Å²) in [5.74, 6) is -2.79. The number of nitrogens with one attached hydrogen (secondary N) is 2. The maximum absolute atomic E-state index is 12.2. The Bertz CT molecular complexity index is 604. The summed E-state index contributed by atoms with van der Waals surface area (Å²) < 4.78 is 4.80. The van der Waals surface area contributed by atoms with Crippen LogP contribution in [0.2, 0.25) is 0 Å². The number of fused-ring (bicyclic) bond motifs is 1. The van der Waals surface area contributed by atoms with Crippen molar-refractivity contribution in [3.8, 4) is 0 Å². The standard InChI is InChI=1S/C17H23N3O6/c1-2-18-13(21)9-19-14(22)10-26-15(23)7-8-20-16(24)11-5-3-4-6-12(11)17(20)25/h3-4,11-12H,2,5-10H2,1H3,(H,18,21)(H,19,22)/t11-,12-/m0/s1. The topological polar surface area (TPSA) is 122 Å². The molecule has 0 saturated carbocycles. The number of imide groups is 1. The monoisotopic (exact) mass is 365 g/mol. The molecule has 0 spiro atoms. The highest BCUT2D eigenvalue weighted by Gasteiger charge is 2.46. The SMILES string of the molecule is CCNC(=O)CNC(=O)COC(=O)CCN1C(=O)[C@H]2CC=CC[C@@H]2C1=O. The van der Waals surface area contributed by atoms with E-state index in [0.717, 1.165) is 4.90 Å². The summed E-state index contributed by atoms with van der Waals surface area (Å²) >= 11 is 0. The lowest BCUT2D eigenvalue weighted by molar-refractivity contribution is -0.149. The molecule has 0 aromatic rings. The number of esters is 1. The molecule has 4 amide bonds. The average Bonchev–Trinajstić information content (AvgIpc) is 2.88. The molecule has 0 aromatic heterocycles. The predicted octanol–water partition coefficient (Wildman–Crippen LogP) is -0.877. The molecule has 1 aliphatic carbocycles. The first kappa shape index (κ1) is 19.6. The summed E-state index contributed by atoms with van der Waals surface area (Å²) in [4.78, 5) is 60.0. The molecule has 0 unspecified atom stereocenters. The number of nitrogens with zero attached hydrogens (tertiary/aromatic N) is 1. The van der Waals surface area contributed by atoms with Gasteiger partial charge in [-0.15, -0.1) is 0 Å². The smallest absolute Gasteiger partial charge is 0.308 e. The zero-order valence-corrected chi connectivity index (χ0v) is 14.7. The second kappa shape index (κ2) is 9.12. The number of amides is 4. The van der Waals surface area contributed by atoms with Crippen molar-refractivity contribution in [3.63, 3.8) is 0 Å². The Morgan fingerprint density at radius 3 is 2.27 bits per heavy atom. The molecule has 142 valence electrons. The van der Waals surface area contributed by atoms with Crippen molar-refractivity contribution in [3.05, 3.63) is 12.2 Å². The van der Waals surface area contributed by atoms with Gasteiger partial charge in [0, 0.05) is 13.1 Å². The number of ether oxygens (including phenoxy) is 1. The molecule has 26 heavy (non-hydrogen) atoms. The first-order valence-corrected chi connectivity index (χ1v) is 8.63. The van der Waals surface area contributed by atoms with Gasteiger partial charge in [0.25, 0.3) is 5.91 Å². The van der Waals surface area contributed by atoms with Crippen LogP contribution in [-0.2, 0) is 28.7 Å². The molecule has 1 fully saturated rings. The van der Waals surface area contributed by atoms with Gasteiger partial charge in [0.15, 0.2) is 6.61 Å². The zero-order chi connectivity index (χ0) is 19.1. The Kier molecular flexibility index (Phi) is 6.88. The largest absolute Gasteiger partial charge is 0.456 e. The van der Waals surface area contributed by atoms with Crippen LogP contribution >= 0.6 is 0 Å². The third-order valence-corrected chi connectivity index (χ3v) is 4.32. The zero-order valence-electron chi connectivity index (χ0n) is 14.7. The Morgan fingerprint density at radius 2 is 1.69 bits per heavy atom. The molecule has 9 nitrogen and oxygen atoms in total. The van der Waals surface area contributed by atoms with Crippen LogP contribution in [0.1, 0.15) is 26.2 Å². The lowest BCUT2D eigenvalue weighted by Gasteiger charge is -2.14. The normalized spacial score (nSPS) is 21.3. The van der Waals surface area contributed by atoms with E-state index in [9.17, 15) is 24.0 Å². The fourth-order valence-corrected chi connectivity index (χ4v) is 3.00.